The molecular weight excluding hydrogens is 247 g/mol. The van der Waals surface area contributed by atoms with Crippen LogP contribution in [0.4, 0.5) is 0 Å². The molecule has 0 fully saturated rings. The van der Waals surface area contributed by atoms with Gasteiger partial charge in [-0.15, -0.1) is 6.42 Å². The first-order valence-corrected chi connectivity index (χ1v) is 6.64. The van der Waals surface area contributed by atoms with Crippen LogP contribution < -0.4 is 4.52 Å². The van der Waals surface area contributed by atoms with Gasteiger partial charge in [0.2, 0.25) is 0 Å². The van der Waals surface area contributed by atoms with Crippen LogP contribution in [0, 0.1) is 12.3 Å². The van der Waals surface area contributed by atoms with E-state index in [1.54, 1.807) is 10.8 Å². The van der Waals surface area contributed by atoms with Gasteiger partial charge in [0.15, 0.2) is 0 Å². The Kier molecular flexibility index (Phi) is 2.97. The highest BCUT2D eigenvalue weighted by Gasteiger charge is 2.30. The number of rotatable bonds is 2. The lowest BCUT2D eigenvalue weighted by Crippen LogP contribution is -2.27. The predicted octanol–water partition coefficient (Wildman–Crippen LogP) is 1.88. The zero-order valence-electron chi connectivity index (χ0n) is 9.60. The summed E-state index contributed by atoms with van der Waals surface area (Å²) in [6.07, 6.45) is 8.57. The van der Waals surface area contributed by atoms with Gasteiger partial charge < -0.3 is 4.52 Å². The molecule has 0 radical (unpaired) electrons. The number of terminal acetylenes is 1. The highest BCUT2D eigenvalue weighted by Crippen LogP contribution is 2.48. The molecule has 2 heterocycles. The third-order valence-electron chi connectivity index (χ3n) is 2.60. The maximum absolute atomic E-state index is 6.00. The van der Waals surface area contributed by atoms with Gasteiger partial charge in [-0.05, 0) is 6.07 Å². The molecule has 0 N–H and O–H groups in total. The fraction of sp³-hybridized carbons (Fsp3) is 0.167. The molecule has 0 saturated carbocycles. The van der Waals surface area contributed by atoms with E-state index in [0.717, 1.165) is 17.9 Å². The smallest absolute Gasteiger partial charge is 0.302 e. The zero-order chi connectivity index (χ0) is 12.4. The number of fused-ring (bicyclic) bond motifs is 1. The minimum Gasteiger partial charge on any atom is -0.439 e. The lowest BCUT2D eigenvalue weighted by atomic mass is 10.2. The maximum atomic E-state index is 6.00. The molecule has 90 valence electrons. The Morgan fingerprint density at radius 1 is 1.44 bits per heavy atom. The van der Waals surface area contributed by atoms with E-state index in [-0.39, 0.29) is 0 Å². The van der Waals surface area contributed by atoms with Gasteiger partial charge >= 0.3 is 8.45 Å². The molecular formula is C12H11N4OP. The number of para-hydroxylation sites is 1. The average Bonchev–Trinajstić information content (AvgIpc) is 2.92. The highest BCUT2D eigenvalue weighted by atomic mass is 31.2. The summed E-state index contributed by atoms with van der Waals surface area (Å²) in [6.45, 7) is 1.30. The van der Waals surface area contributed by atoms with Crippen molar-refractivity contribution >= 4 is 8.45 Å². The molecule has 3 rings (SSSR count). The van der Waals surface area contributed by atoms with Crippen molar-refractivity contribution in [3.63, 3.8) is 0 Å². The molecule has 1 aromatic heterocycles. The molecule has 0 aliphatic carbocycles. The van der Waals surface area contributed by atoms with Crippen LogP contribution in [0.25, 0.3) is 0 Å². The SMILES string of the molecule is C#CCN1Cc2ccccc2OP1n1cncn1. The van der Waals surface area contributed by atoms with Crippen molar-refractivity contribution in [2.45, 2.75) is 6.54 Å². The first-order chi connectivity index (χ1) is 8.88. The summed E-state index contributed by atoms with van der Waals surface area (Å²) < 4.78 is 9.81. The summed E-state index contributed by atoms with van der Waals surface area (Å²) in [5, 5.41) is 4.14. The molecule has 0 bridgehead atoms. The van der Waals surface area contributed by atoms with Crippen molar-refractivity contribution in [3.05, 3.63) is 42.5 Å². The van der Waals surface area contributed by atoms with Crippen LogP contribution in [0.1, 0.15) is 5.56 Å². The van der Waals surface area contributed by atoms with Gasteiger partial charge in [-0.1, -0.05) is 24.1 Å². The summed E-state index contributed by atoms with van der Waals surface area (Å²) >= 11 is 0. The van der Waals surface area contributed by atoms with Crippen LogP contribution in [-0.4, -0.2) is 25.8 Å². The first-order valence-electron chi connectivity index (χ1n) is 5.48. The monoisotopic (exact) mass is 258 g/mol. The third kappa shape index (κ3) is 1.97. The molecule has 5 nitrogen and oxygen atoms in total. The second kappa shape index (κ2) is 4.77. The molecule has 1 atom stereocenters. The van der Waals surface area contributed by atoms with Crippen molar-refractivity contribution < 1.29 is 4.52 Å². The van der Waals surface area contributed by atoms with Crippen LogP contribution in [0.2, 0.25) is 0 Å². The highest BCUT2D eigenvalue weighted by molar-refractivity contribution is 7.48. The lowest BCUT2D eigenvalue weighted by molar-refractivity contribution is 0.395. The second-order valence-corrected chi connectivity index (χ2v) is 5.46. The minimum absolute atomic E-state index is 0.528. The van der Waals surface area contributed by atoms with E-state index in [9.17, 15) is 0 Å². The first kappa shape index (κ1) is 11.2. The van der Waals surface area contributed by atoms with Crippen LogP contribution in [-0.2, 0) is 6.54 Å². The van der Waals surface area contributed by atoms with Gasteiger partial charge in [0.05, 0.1) is 6.54 Å². The van der Waals surface area contributed by atoms with Crippen molar-refractivity contribution in [1.82, 2.24) is 19.2 Å². The van der Waals surface area contributed by atoms with E-state index in [4.69, 9.17) is 10.9 Å². The number of hydrogen-bond donors (Lipinski definition) is 0. The zero-order valence-corrected chi connectivity index (χ0v) is 10.5. The van der Waals surface area contributed by atoms with Gasteiger partial charge in [0, 0.05) is 12.1 Å². The van der Waals surface area contributed by atoms with E-state index in [1.165, 1.54) is 6.33 Å². The molecule has 0 amide bonds. The summed E-state index contributed by atoms with van der Waals surface area (Å²) in [5.74, 6) is 3.56. The van der Waals surface area contributed by atoms with E-state index >= 15 is 0 Å². The Morgan fingerprint density at radius 3 is 3.11 bits per heavy atom. The second-order valence-electron chi connectivity index (χ2n) is 3.79. The van der Waals surface area contributed by atoms with Gasteiger partial charge in [-0.3, -0.25) is 0 Å². The van der Waals surface area contributed by atoms with E-state index in [0.29, 0.717) is 6.54 Å². The number of benzene rings is 1. The Labute approximate surface area is 106 Å². The molecule has 18 heavy (non-hydrogen) atoms. The number of nitrogens with zero attached hydrogens (tertiary/aromatic N) is 4. The van der Waals surface area contributed by atoms with Crippen LogP contribution >= 0.6 is 8.45 Å². The predicted molar refractivity (Wildman–Crippen MR) is 68.7 cm³/mol. The molecule has 1 aliphatic heterocycles. The van der Waals surface area contributed by atoms with Crippen molar-refractivity contribution in [2.75, 3.05) is 6.54 Å². The molecule has 1 aromatic carbocycles. The largest absolute Gasteiger partial charge is 0.439 e. The molecule has 0 spiro atoms. The topological polar surface area (TPSA) is 43.2 Å². The lowest BCUT2D eigenvalue weighted by Gasteiger charge is -2.33. The molecule has 6 heteroatoms. The third-order valence-corrected chi connectivity index (χ3v) is 4.29. The molecule has 0 saturated heterocycles. The van der Waals surface area contributed by atoms with Crippen molar-refractivity contribution in [1.29, 1.82) is 0 Å². The Balaban J connectivity index is 1.96. The van der Waals surface area contributed by atoms with E-state index in [2.05, 4.69) is 20.7 Å². The standard InChI is InChI=1S/C12H11N4OP/c1-2-7-15-8-11-5-3-4-6-12(11)17-18(15)16-10-13-9-14-16/h1,3-6,9-10H,7-8H2. The van der Waals surface area contributed by atoms with Crippen molar-refractivity contribution in [3.8, 4) is 18.1 Å². The summed E-state index contributed by atoms with van der Waals surface area (Å²) in [6, 6.07) is 7.98. The Bertz CT molecular complexity index is 578. The molecule has 2 aromatic rings. The fourth-order valence-electron chi connectivity index (χ4n) is 1.81. The average molecular weight is 258 g/mol. The van der Waals surface area contributed by atoms with Crippen LogP contribution in [0.15, 0.2) is 36.9 Å². The van der Waals surface area contributed by atoms with Gasteiger partial charge in [0.25, 0.3) is 0 Å². The normalized spacial score (nSPS) is 18.7. The van der Waals surface area contributed by atoms with Gasteiger partial charge in [0.1, 0.15) is 18.4 Å². The number of hydrogen-bond acceptors (Lipinski definition) is 4. The molecule has 1 unspecified atom stereocenters. The van der Waals surface area contributed by atoms with Gasteiger partial charge in [-0.25, -0.2) is 9.65 Å². The van der Waals surface area contributed by atoms with Crippen LogP contribution in [0.3, 0.4) is 0 Å². The summed E-state index contributed by atoms with van der Waals surface area (Å²) in [5.41, 5.74) is 1.15. The summed E-state index contributed by atoms with van der Waals surface area (Å²) in [7, 11) is -1.05. The van der Waals surface area contributed by atoms with Gasteiger partial charge in [-0.2, -0.15) is 9.55 Å². The maximum Gasteiger partial charge on any atom is 0.302 e. The Hall–Kier alpha value is -1.89. The summed E-state index contributed by atoms with van der Waals surface area (Å²) in [4.78, 5) is 3.96. The van der Waals surface area contributed by atoms with Crippen LogP contribution in [0.5, 0.6) is 5.75 Å². The quantitative estimate of drug-likeness (QED) is 0.609. The number of aromatic nitrogens is 3. The Morgan fingerprint density at radius 2 is 2.33 bits per heavy atom. The van der Waals surface area contributed by atoms with Crippen molar-refractivity contribution in [2.24, 2.45) is 0 Å². The fourth-order valence-corrected chi connectivity index (χ4v) is 3.38. The van der Waals surface area contributed by atoms with E-state index in [1.807, 2.05) is 24.3 Å². The van der Waals surface area contributed by atoms with E-state index < -0.39 is 8.45 Å². The minimum atomic E-state index is -1.05. The molecule has 1 aliphatic rings.